The standard InChI is InChI=1S/C22H20BrNO/c23-20-14-12-19(13-15-20)22(18-9-5-2-6-10-18)24-21(25)16-11-17-7-3-1-4-8-17/h1-10,12-15,22H,11,16H2,(H,24,25)/t22-/m1/s1. The van der Waals surface area contributed by atoms with Crippen molar-refractivity contribution in [2.75, 3.05) is 0 Å². The summed E-state index contributed by atoms with van der Waals surface area (Å²) >= 11 is 3.47. The van der Waals surface area contributed by atoms with Gasteiger partial charge in [0.2, 0.25) is 5.91 Å². The van der Waals surface area contributed by atoms with Crippen LogP contribution in [0.4, 0.5) is 0 Å². The molecule has 1 amide bonds. The Labute approximate surface area is 157 Å². The van der Waals surface area contributed by atoms with E-state index in [1.165, 1.54) is 5.56 Å². The summed E-state index contributed by atoms with van der Waals surface area (Å²) in [5.41, 5.74) is 3.33. The second-order valence-corrected chi connectivity index (χ2v) is 6.86. The van der Waals surface area contributed by atoms with Crippen LogP contribution in [0, 0.1) is 0 Å². The van der Waals surface area contributed by atoms with E-state index in [9.17, 15) is 4.79 Å². The first kappa shape index (κ1) is 17.4. The molecule has 1 atom stereocenters. The van der Waals surface area contributed by atoms with Crippen molar-refractivity contribution in [2.45, 2.75) is 18.9 Å². The third-order valence-corrected chi connectivity index (χ3v) is 4.65. The van der Waals surface area contributed by atoms with Crippen LogP contribution < -0.4 is 5.32 Å². The van der Waals surface area contributed by atoms with Gasteiger partial charge in [-0.3, -0.25) is 4.79 Å². The van der Waals surface area contributed by atoms with Gasteiger partial charge in [0.1, 0.15) is 0 Å². The van der Waals surface area contributed by atoms with Crippen LogP contribution in [-0.4, -0.2) is 5.91 Å². The number of carbonyl (C=O) groups excluding carboxylic acids is 1. The molecule has 3 heteroatoms. The topological polar surface area (TPSA) is 29.1 Å². The number of halogens is 1. The van der Waals surface area contributed by atoms with E-state index in [2.05, 4.69) is 33.4 Å². The lowest BCUT2D eigenvalue weighted by Gasteiger charge is -2.20. The van der Waals surface area contributed by atoms with Gasteiger partial charge in [0.05, 0.1) is 6.04 Å². The van der Waals surface area contributed by atoms with Crippen LogP contribution >= 0.6 is 15.9 Å². The van der Waals surface area contributed by atoms with Crippen molar-refractivity contribution >= 4 is 21.8 Å². The lowest BCUT2D eigenvalue weighted by Crippen LogP contribution is -2.29. The van der Waals surface area contributed by atoms with Crippen molar-refractivity contribution in [1.29, 1.82) is 0 Å². The van der Waals surface area contributed by atoms with Crippen LogP contribution in [0.3, 0.4) is 0 Å². The molecular weight excluding hydrogens is 374 g/mol. The van der Waals surface area contributed by atoms with Gasteiger partial charge in [0, 0.05) is 10.9 Å². The van der Waals surface area contributed by atoms with Gasteiger partial charge in [0.25, 0.3) is 0 Å². The third-order valence-electron chi connectivity index (χ3n) is 4.13. The predicted molar refractivity (Wildman–Crippen MR) is 105 cm³/mol. The minimum Gasteiger partial charge on any atom is -0.345 e. The van der Waals surface area contributed by atoms with Gasteiger partial charge in [-0.25, -0.2) is 0 Å². The molecule has 0 fully saturated rings. The molecule has 0 saturated carbocycles. The van der Waals surface area contributed by atoms with E-state index >= 15 is 0 Å². The molecule has 3 rings (SSSR count). The smallest absolute Gasteiger partial charge is 0.221 e. The molecule has 0 radical (unpaired) electrons. The summed E-state index contributed by atoms with van der Waals surface area (Å²) in [6.45, 7) is 0. The Morgan fingerprint density at radius 2 is 1.36 bits per heavy atom. The van der Waals surface area contributed by atoms with Crippen LogP contribution in [0.2, 0.25) is 0 Å². The number of benzene rings is 3. The minimum absolute atomic E-state index is 0.0561. The van der Waals surface area contributed by atoms with Gasteiger partial charge in [0.15, 0.2) is 0 Å². The molecule has 0 spiro atoms. The highest BCUT2D eigenvalue weighted by Crippen LogP contribution is 2.24. The van der Waals surface area contributed by atoms with Gasteiger partial charge in [-0.1, -0.05) is 88.7 Å². The maximum absolute atomic E-state index is 12.5. The van der Waals surface area contributed by atoms with Gasteiger partial charge < -0.3 is 5.32 Å². The van der Waals surface area contributed by atoms with Crippen molar-refractivity contribution in [2.24, 2.45) is 0 Å². The zero-order valence-corrected chi connectivity index (χ0v) is 15.4. The summed E-state index contributed by atoms with van der Waals surface area (Å²) in [4.78, 5) is 12.5. The third kappa shape index (κ3) is 5.04. The zero-order chi connectivity index (χ0) is 17.5. The van der Waals surface area contributed by atoms with E-state index in [1.54, 1.807) is 0 Å². The summed E-state index contributed by atoms with van der Waals surface area (Å²) in [6.07, 6.45) is 1.22. The second-order valence-electron chi connectivity index (χ2n) is 5.95. The SMILES string of the molecule is O=C(CCc1ccccc1)N[C@H](c1ccccc1)c1ccc(Br)cc1. The number of nitrogens with one attached hydrogen (secondary N) is 1. The molecule has 3 aromatic carbocycles. The number of carbonyl (C=O) groups is 1. The van der Waals surface area contributed by atoms with Crippen LogP contribution in [0.25, 0.3) is 0 Å². The Kier molecular flexibility index (Phi) is 6.02. The van der Waals surface area contributed by atoms with Crippen molar-refractivity contribution in [3.63, 3.8) is 0 Å². The first-order valence-corrected chi connectivity index (χ1v) is 9.15. The Morgan fingerprint density at radius 1 is 0.800 bits per heavy atom. The molecule has 0 heterocycles. The molecule has 0 aliphatic carbocycles. The molecule has 0 bridgehead atoms. The maximum Gasteiger partial charge on any atom is 0.221 e. The first-order chi connectivity index (χ1) is 12.2. The fraction of sp³-hybridized carbons (Fsp3) is 0.136. The quantitative estimate of drug-likeness (QED) is 0.605. The van der Waals surface area contributed by atoms with E-state index in [4.69, 9.17) is 0 Å². The van der Waals surface area contributed by atoms with Gasteiger partial charge in [-0.2, -0.15) is 0 Å². The van der Waals surface area contributed by atoms with E-state index in [0.717, 1.165) is 22.0 Å². The number of rotatable bonds is 6. The fourth-order valence-corrected chi connectivity index (χ4v) is 3.06. The number of hydrogen-bond acceptors (Lipinski definition) is 1. The zero-order valence-electron chi connectivity index (χ0n) is 13.9. The van der Waals surface area contributed by atoms with Gasteiger partial charge in [-0.05, 0) is 35.2 Å². The Hall–Kier alpha value is -2.39. The van der Waals surface area contributed by atoms with Crippen LogP contribution in [0.1, 0.15) is 29.2 Å². The highest BCUT2D eigenvalue weighted by Gasteiger charge is 2.16. The van der Waals surface area contributed by atoms with Gasteiger partial charge in [-0.15, -0.1) is 0 Å². The number of aryl methyl sites for hydroxylation is 1. The second kappa shape index (κ2) is 8.63. The Morgan fingerprint density at radius 3 is 2.00 bits per heavy atom. The molecule has 1 N–H and O–H groups in total. The van der Waals surface area contributed by atoms with E-state index < -0.39 is 0 Å². The monoisotopic (exact) mass is 393 g/mol. The number of amides is 1. The normalized spacial score (nSPS) is 11.7. The average molecular weight is 394 g/mol. The molecule has 2 nitrogen and oxygen atoms in total. The van der Waals surface area contributed by atoms with Crippen LogP contribution in [-0.2, 0) is 11.2 Å². The Bertz CT molecular complexity index is 800. The van der Waals surface area contributed by atoms with Crippen molar-refractivity contribution in [3.05, 3.63) is 106 Å². The number of hydrogen-bond donors (Lipinski definition) is 1. The molecule has 3 aromatic rings. The molecule has 0 aromatic heterocycles. The highest BCUT2D eigenvalue weighted by atomic mass is 79.9. The maximum atomic E-state index is 12.5. The molecule has 126 valence electrons. The van der Waals surface area contributed by atoms with Crippen LogP contribution in [0.5, 0.6) is 0 Å². The largest absolute Gasteiger partial charge is 0.345 e. The lowest BCUT2D eigenvalue weighted by atomic mass is 9.98. The minimum atomic E-state index is -0.141. The molecule has 0 aliphatic rings. The van der Waals surface area contributed by atoms with Crippen molar-refractivity contribution in [3.8, 4) is 0 Å². The van der Waals surface area contributed by atoms with E-state index in [1.807, 2.05) is 72.8 Å². The first-order valence-electron chi connectivity index (χ1n) is 8.36. The highest BCUT2D eigenvalue weighted by molar-refractivity contribution is 9.10. The summed E-state index contributed by atoms with van der Waals surface area (Å²) in [5.74, 6) is 0.0561. The van der Waals surface area contributed by atoms with E-state index in [-0.39, 0.29) is 11.9 Å². The molecule has 25 heavy (non-hydrogen) atoms. The molecule has 0 unspecified atom stereocenters. The van der Waals surface area contributed by atoms with E-state index in [0.29, 0.717) is 6.42 Å². The van der Waals surface area contributed by atoms with Crippen LogP contribution in [0.15, 0.2) is 89.4 Å². The Balaban J connectivity index is 1.73. The molecular formula is C22H20BrNO. The van der Waals surface area contributed by atoms with Crippen molar-refractivity contribution in [1.82, 2.24) is 5.32 Å². The summed E-state index contributed by atoms with van der Waals surface area (Å²) in [5, 5.41) is 3.19. The summed E-state index contributed by atoms with van der Waals surface area (Å²) < 4.78 is 1.03. The molecule has 0 aliphatic heterocycles. The summed E-state index contributed by atoms with van der Waals surface area (Å²) in [7, 11) is 0. The summed E-state index contributed by atoms with van der Waals surface area (Å²) in [6, 6.07) is 28.1. The lowest BCUT2D eigenvalue weighted by molar-refractivity contribution is -0.121. The average Bonchev–Trinajstić information content (AvgIpc) is 2.67. The predicted octanol–water partition coefficient (Wildman–Crippen LogP) is 5.29. The fourth-order valence-electron chi connectivity index (χ4n) is 2.80. The van der Waals surface area contributed by atoms with Crippen molar-refractivity contribution < 1.29 is 4.79 Å². The van der Waals surface area contributed by atoms with Gasteiger partial charge >= 0.3 is 0 Å². The molecule has 0 saturated heterocycles.